The van der Waals surface area contributed by atoms with Crippen LogP contribution in [0.3, 0.4) is 0 Å². The van der Waals surface area contributed by atoms with Gasteiger partial charge in [0.05, 0.1) is 5.38 Å². The third-order valence-corrected chi connectivity index (χ3v) is 4.01. The molecule has 0 bridgehead atoms. The lowest BCUT2D eigenvalue weighted by Crippen LogP contribution is -1.98. The van der Waals surface area contributed by atoms with Gasteiger partial charge < -0.3 is 0 Å². The van der Waals surface area contributed by atoms with Crippen molar-refractivity contribution in [3.8, 4) is 0 Å². The average Bonchev–Trinajstić information content (AvgIpc) is 2.89. The zero-order chi connectivity index (χ0) is 13.9. The molecule has 19 heavy (non-hydrogen) atoms. The Balaban J connectivity index is 2.04. The molecule has 3 nitrogen and oxygen atoms in total. The van der Waals surface area contributed by atoms with Gasteiger partial charge in [-0.1, -0.05) is 64.0 Å². The van der Waals surface area contributed by atoms with E-state index in [0.29, 0.717) is 0 Å². The zero-order valence-corrected chi connectivity index (χ0v) is 13.2. The fourth-order valence-corrected chi connectivity index (χ4v) is 2.28. The number of alkyl halides is 1. The number of aromatic nitrogens is 3. The summed E-state index contributed by atoms with van der Waals surface area (Å²) >= 11 is 6.13. The molecule has 0 aliphatic rings. The number of nitrogens with zero attached hydrogens (tertiary/aromatic N) is 3. The summed E-state index contributed by atoms with van der Waals surface area (Å²) in [5.41, 5.74) is 0.906. The van der Waals surface area contributed by atoms with Crippen molar-refractivity contribution >= 4 is 11.6 Å². The number of unbranched alkanes of at least 4 members (excludes halogenated alkanes) is 7. The second-order valence-corrected chi connectivity index (χ2v) is 5.78. The first-order chi connectivity index (χ1) is 9.27. The molecule has 1 heterocycles. The molecular weight excluding hydrogens is 258 g/mol. The van der Waals surface area contributed by atoms with Crippen LogP contribution in [-0.2, 0) is 6.54 Å². The smallest absolute Gasteiger partial charge is 0.100 e. The Morgan fingerprint density at radius 3 is 2.32 bits per heavy atom. The van der Waals surface area contributed by atoms with Crippen LogP contribution in [0.25, 0.3) is 0 Å². The van der Waals surface area contributed by atoms with E-state index in [0.717, 1.165) is 18.7 Å². The summed E-state index contributed by atoms with van der Waals surface area (Å²) < 4.78 is 1.93. The molecule has 0 radical (unpaired) electrons. The van der Waals surface area contributed by atoms with Crippen molar-refractivity contribution in [3.05, 3.63) is 11.9 Å². The number of aryl methyl sites for hydroxylation is 1. The summed E-state index contributed by atoms with van der Waals surface area (Å²) in [5, 5.41) is 8.25. The molecule has 1 aromatic rings. The molecule has 1 unspecified atom stereocenters. The maximum absolute atomic E-state index is 6.13. The number of rotatable bonds is 11. The standard InChI is InChI=1S/C15H28ClN3/c1-3-5-6-7-8-9-10-11-12-19-13-15(17-18-19)14(16)4-2/h13-14H,3-12H2,1-2H3. The van der Waals surface area contributed by atoms with Crippen LogP contribution in [0.5, 0.6) is 0 Å². The Hall–Kier alpha value is -0.570. The minimum Gasteiger partial charge on any atom is -0.252 e. The van der Waals surface area contributed by atoms with Gasteiger partial charge in [0.1, 0.15) is 5.69 Å². The molecule has 0 fully saturated rings. The molecule has 1 rings (SSSR count). The highest BCUT2D eigenvalue weighted by Gasteiger charge is 2.09. The highest BCUT2D eigenvalue weighted by molar-refractivity contribution is 6.20. The summed E-state index contributed by atoms with van der Waals surface area (Å²) in [6.07, 6.45) is 13.6. The van der Waals surface area contributed by atoms with E-state index in [-0.39, 0.29) is 5.38 Å². The van der Waals surface area contributed by atoms with Crippen LogP contribution < -0.4 is 0 Å². The molecule has 0 aliphatic carbocycles. The highest BCUT2D eigenvalue weighted by Crippen LogP contribution is 2.20. The van der Waals surface area contributed by atoms with Crippen molar-refractivity contribution in [2.45, 2.75) is 83.6 Å². The molecule has 0 N–H and O–H groups in total. The topological polar surface area (TPSA) is 30.7 Å². The Morgan fingerprint density at radius 2 is 1.68 bits per heavy atom. The lowest BCUT2D eigenvalue weighted by Gasteiger charge is -2.02. The van der Waals surface area contributed by atoms with Gasteiger partial charge in [0.15, 0.2) is 0 Å². The van der Waals surface area contributed by atoms with Gasteiger partial charge in [0, 0.05) is 12.7 Å². The Labute approximate surface area is 122 Å². The Kier molecular flexibility index (Phi) is 8.89. The minimum atomic E-state index is 0.00677. The Morgan fingerprint density at radius 1 is 1.05 bits per heavy atom. The fraction of sp³-hybridized carbons (Fsp3) is 0.867. The van der Waals surface area contributed by atoms with E-state index in [4.69, 9.17) is 11.6 Å². The number of hydrogen-bond acceptors (Lipinski definition) is 2. The van der Waals surface area contributed by atoms with E-state index in [1.165, 1.54) is 51.4 Å². The molecular formula is C15H28ClN3. The van der Waals surface area contributed by atoms with E-state index in [9.17, 15) is 0 Å². The maximum Gasteiger partial charge on any atom is 0.100 e. The predicted octanol–water partition coefficient (Wildman–Crippen LogP) is 5.11. The first-order valence-corrected chi connectivity index (χ1v) is 8.25. The molecule has 0 spiro atoms. The van der Waals surface area contributed by atoms with E-state index in [2.05, 4.69) is 24.2 Å². The summed E-state index contributed by atoms with van der Waals surface area (Å²) in [6, 6.07) is 0. The van der Waals surface area contributed by atoms with Gasteiger partial charge in [-0.15, -0.1) is 16.7 Å². The summed E-state index contributed by atoms with van der Waals surface area (Å²) in [6.45, 7) is 5.29. The van der Waals surface area contributed by atoms with Gasteiger partial charge in [-0.25, -0.2) is 0 Å². The van der Waals surface area contributed by atoms with Gasteiger partial charge in [-0.05, 0) is 12.8 Å². The molecule has 0 saturated heterocycles. The summed E-state index contributed by atoms with van der Waals surface area (Å²) in [4.78, 5) is 0. The van der Waals surface area contributed by atoms with Crippen LogP contribution in [0.2, 0.25) is 0 Å². The minimum absolute atomic E-state index is 0.00677. The van der Waals surface area contributed by atoms with E-state index < -0.39 is 0 Å². The SMILES string of the molecule is CCCCCCCCCCn1cc(C(Cl)CC)nn1. The van der Waals surface area contributed by atoms with Crippen molar-refractivity contribution < 1.29 is 0 Å². The highest BCUT2D eigenvalue weighted by atomic mass is 35.5. The van der Waals surface area contributed by atoms with Crippen molar-refractivity contribution in [3.63, 3.8) is 0 Å². The normalized spacial score (nSPS) is 12.8. The summed E-state index contributed by atoms with van der Waals surface area (Å²) in [5.74, 6) is 0. The molecule has 110 valence electrons. The predicted molar refractivity (Wildman–Crippen MR) is 81.5 cm³/mol. The fourth-order valence-electron chi connectivity index (χ4n) is 2.18. The first kappa shape index (κ1) is 16.5. The first-order valence-electron chi connectivity index (χ1n) is 7.82. The molecule has 0 amide bonds. The van der Waals surface area contributed by atoms with Crippen molar-refractivity contribution in [1.29, 1.82) is 0 Å². The summed E-state index contributed by atoms with van der Waals surface area (Å²) in [7, 11) is 0. The molecule has 0 aliphatic heterocycles. The second-order valence-electron chi connectivity index (χ2n) is 5.26. The van der Waals surface area contributed by atoms with Gasteiger partial charge in [0.25, 0.3) is 0 Å². The maximum atomic E-state index is 6.13. The third-order valence-electron chi connectivity index (χ3n) is 3.48. The molecule has 4 heteroatoms. The molecule has 1 aromatic heterocycles. The molecule has 0 saturated carbocycles. The van der Waals surface area contributed by atoms with Gasteiger partial charge in [-0.2, -0.15) is 0 Å². The van der Waals surface area contributed by atoms with Gasteiger partial charge >= 0.3 is 0 Å². The van der Waals surface area contributed by atoms with Crippen LogP contribution in [0.4, 0.5) is 0 Å². The largest absolute Gasteiger partial charge is 0.252 e. The average molecular weight is 286 g/mol. The van der Waals surface area contributed by atoms with Crippen LogP contribution >= 0.6 is 11.6 Å². The van der Waals surface area contributed by atoms with Crippen LogP contribution in [0.15, 0.2) is 6.20 Å². The van der Waals surface area contributed by atoms with E-state index in [1.807, 2.05) is 10.9 Å². The molecule has 0 aromatic carbocycles. The lowest BCUT2D eigenvalue weighted by molar-refractivity contribution is 0.510. The zero-order valence-electron chi connectivity index (χ0n) is 12.4. The van der Waals surface area contributed by atoms with Gasteiger partial charge in [-0.3, -0.25) is 4.68 Å². The van der Waals surface area contributed by atoms with Crippen molar-refractivity contribution in [2.24, 2.45) is 0 Å². The van der Waals surface area contributed by atoms with Crippen molar-refractivity contribution in [2.75, 3.05) is 0 Å². The van der Waals surface area contributed by atoms with E-state index >= 15 is 0 Å². The van der Waals surface area contributed by atoms with Crippen LogP contribution in [0.1, 0.15) is 82.7 Å². The monoisotopic (exact) mass is 285 g/mol. The second kappa shape index (κ2) is 10.2. The van der Waals surface area contributed by atoms with Crippen molar-refractivity contribution in [1.82, 2.24) is 15.0 Å². The number of halogens is 1. The van der Waals surface area contributed by atoms with E-state index in [1.54, 1.807) is 0 Å². The number of hydrogen-bond donors (Lipinski definition) is 0. The Bertz CT molecular complexity index is 325. The third kappa shape index (κ3) is 6.95. The quantitative estimate of drug-likeness (QED) is 0.418. The van der Waals surface area contributed by atoms with Crippen LogP contribution in [0, 0.1) is 0 Å². The van der Waals surface area contributed by atoms with Crippen LogP contribution in [-0.4, -0.2) is 15.0 Å². The molecule has 1 atom stereocenters. The van der Waals surface area contributed by atoms with Gasteiger partial charge in [0.2, 0.25) is 0 Å². The lowest BCUT2D eigenvalue weighted by atomic mass is 10.1.